The van der Waals surface area contributed by atoms with Crippen LogP contribution in [0.15, 0.2) is 24.3 Å². The van der Waals surface area contributed by atoms with Crippen LogP contribution in [0, 0.1) is 5.92 Å². The summed E-state index contributed by atoms with van der Waals surface area (Å²) < 4.78 is 11.1. The van der Waals surface area contributed by atoms with Gasteiger partial charge >= 0.3 is 5.97 Å². The molecular weight excluding hydrogens is 270 g/mol. The molecule has 0 saturated carbocycles. The van der Waals surface area contributed by atoms with Crippen LogP contribution in [0.25, 0.3) is 0 Å². The van der Waals surface area contributed by atoms with Gasteiger partial charge in [0, 0.05) is 12.3 Å². The number of carbonyl (C=O) groups excluding carboxylic acids is 2. The largest absolute Gasteiger partial charge is 0.468 e. The predicted molar refractivity (Wildman–Crippen MR) is 75.7 cm³/mol. The molecule has 5 heteroatoms. The molecule has 0 unspecified atom stereocenters. The van der Waals surface area contributed by atoms with Gasteiger partial charge in [-0.1, -0.05) is 18.2 Å². The Kier molecular flexibility index (Phi) is 3.15. The lowest BCUT2D eigenvalue weighted by molar-refractivity contribution is -0.163. The first kappa shape index (κ1) is 13.9. The normalized spacial score (nSPS) is 30.2. The van der Waals surface area contributed by atoms with Crippen molar-refractivity contribution in [3.63, 3.8) is 0 Å². The van der Waals surface area contributed by atoms with E-state index in [2.05, 4.69) is 5.32 Å². The van der Waals surface area contributed by atoms with Crippen molar-refractivity contribution in [1.82, 2.24) is 5.32 Å². The number of rotatable bonds is 2. The lowest BCUT2D eigenvalue weighted by Crippen LogP contribution is -2.62. The highest BCUT2D eigenvalue weighted by atomic mass is 16.5. The van der Waals surface area contributed by atoms with E-state index in [1.165, 1.54) is 0 Å². The molecule has 2 aliphatic rings. The topological polar surface area (TPSA) is 64.6 Å². The van der Waals surface area contributed by atoms with Crippen LogP contribution >= 0.6 is 0 Å². The van der Waals surface area contributed by atoms with Gasteiger partial charge in [0.1, 0.15) is 11.7 Å². The minimum Gasteiger partial charge on any atom is -0.468 e. The van der Waals surface area contributed by atoms with Crippen molar-refractivity contribution in [3.8, 4) is 5.75 Å². The predicted octanol–water partition coefficient (Wildman–Crippen LogP) is 1.97. The first-order valence-corrected chi connectivity index (χ1v) is 7.20. The highest BCUT2D eigenvalue weighted by Crippen LogP contribution is 2.46. The quantitative estimate of drug-likeness (QED) is 0.668. The Hall–Kier alpha value is -2.04. The van der Waals surface area contributed by atoms with E-state index in [1.54, 1.807) is 13.8 Å². The molecule has 1 fully saturated rings. The van der Waals surface area contributed by atoms with Crippen molar-refractivity contribution in [1.29, 1.82) is 0 Å². The van der Waals surface area contributed by atoms with E-state index in [4.69, 9.17) is 9.47 Å². The molecule has 1 N–H and O–H groups in total. The highest BCUT2D eigenvalue weighted by Gasteiger charge is 2.52. The zero-order valence-corrected chi connectivity index (χ0v) is 12.4. The smallest absolute Gasteiger partial charge is 0.319 e. The van der Waals surface area contributed by atoms with E-state index in [-0.39, 0.29) is 17.9 Å². The van der Waals surface area contributed by atoms with Crippen LogP contribution < -0.4 is 10.1 Å². The standard InChI is InChI=1S/C16H19NO4/c1-9(2)20-15(19)13-11-8-16(3,17-14(13)18)21-12-7-5-4-6-10(11)12/h4-7,9,11,13H,8H2,1-3H3,(H,17,18)/t11-,13+,16+/m1/s1. The third-order valence-corrected chi connectivity index (χ3v) is 3.94. The van der Waals surface area contributed by atoms with Gasteiger partial charge in [0.05, 0.1) is 6.10 Å². The van der Waals surface area contributed by atoms with E-state index in [0.29, 0.717) is 6.42 Å². The molecule has 2 bridgehead atoms. The first-order chi connectivity index (χ1) is 9.89. The highest BCUT2D eigenvalue weighted by molar-refractivity contribution is 6.00. The van der Waals surface area contributed by atoms with Gasteiger partial charge in [-0.05, 0) is 32.4 Å². The van der Waals surface area contributed by atoms with Gasteiger partial charge in [-0.2, -0.15) is 0 Å². The maximum Gasteiger partial charge on any atom is 0.319 e. The number of carbonyl (C=O) groups is 2. The van der Waals surface area contributed by atoms with Crippen molar-refractivity contribution in [3.05, 3.63) is 29.8 Å². The van der Waals surface area contributed by atoms with Crippen molar-refractivity contribution < 1.29 is 19.1 Å². The second-order valence-corrected chi connectivity index (χ2v) is 6.13. The van der Waals surface area contributed by atoms with Gasteiger partial charge in [-0.15, -0.1) is 0 Å². The molecule has 0 spiro atoms. The van der Waals surface area contributed by atoms with Crippen molar-refractivity contribution in [2.75, 3.05) is 0 Å². The summed E-state index contributed by atoms with van der Waals surface area (Å²) in [6.07, 6.45) is 0.321. The van der Waals surface area contributed by atoms with Crippen LogP contribution in [-0.2, 0) is 14.3 Å². The summed E-state index contributed by atoms with van der Waals surface area (Å²) in [6, 6.07) is 7.55. The molecule has 0 aromatic heterocycles. The second-order valence-electron chi connectivity index (χ2n) is 6.13. The zero-order chi connectivity index (χ0) is 15.2. The van der Waals surface area contributed by atoms with Gasteiger partial charge in [0.15, 0.2) is 5.72 Å². The number of hydrogen-bond acceptors (Lipinski definition) is 4. The number of benzene rings is 1. The summed E-state index contributed by atoms with van der Waals surface area (Å²) in [7, 11) is 0. The average Bonchev–Trinajstić information content (AvgIpc) is 2.36. The number of nitrogens with one attached hydrogen (secondary N) is 1. The summed E-state index contributed by atoms with van der Waals surface area (Å²) >= 11 is 0. The molecule has 1 aromatic rings. The van der Waals surface area contributed by atoms with Gasteiger partial charge in [-0.25, -0.2) is 0 Å². The lowest BCUT2D eigenvalue weighted by Gasteiger charge is -2.46. The maximum absolute atomic E-state index is 12.4. The van der Waals surface area contributed by atoms with Crippen molar-refractivity contribution >= 4 is 11.9 Å². The van der Waals surface area contributed by atoms with E-state index in [1.807, 2.05) is 31.2 Å². The molecule has 0 aliphatic carbocycles. The van der Waals surface area contributed by atoms with Gasteiger partial charge in [0.2, 0.25) is 5.91 Å². The SMILES string of the molecule is CC(C)OC(=O)[C@@H]1C(=O)N[C@]2(C)C[C@@H]1c1ccccc1O2. The molecule has 1 amide bonds. The van der Waals surface area contributed by atoms with E-state index in [0.717, 1.165) is 11.3 Å². The Labute approximate surface area is 123 Å². The van der Waals surface area contributed by atoms with Crippen molar-refractivity contribution in [2.24, 2.45) is 5.92 Å². The Balaban J connectivity index is 2.01. The first-order valence-electron chi connectivity index (χ1n) is 7.20. The minimum absolute atomic E-state index is 0.208. The van der Waals surface area contributed by atoms with Crippen LogP contribution in [0.1, 0.15) is 38.7 Å². The number of hydrogen-bond donors (Lipinski definition) is 1. The summed E-state index contributed by atoms with van der Waals surface area (Å²) in [6.45, 7) is 5.39. The fourth-order valence-electron chi connectivity index (χ4n) is 3.17. The molecular formula is C16H19NO4. The summed E-state index contributed by atoms with van der Waals surface area (Å²) in [5, 5.41) is 2.81. The summed E-state index contributed by atoms with van der Waals surface area (Å²) in [4.78, 5) is 24.7. The number of ether oxygens (including phenoxy) is 2. The Bertz CT molecular complexity index is 598. The maximum atomic E-state index is 12.4. The fourth-order valence-corrected chi connectivity index (χ4v) is 3.17. The molecule has 21 heavy (non-hydrogen) atoms. The van der Waals surface area contributed by atoms with Crippen LogP contribution in [0.2, 0.25) is 0 Å². The number of para-hydroxylation sites is 1. The Morgan fingerprint density at radius 2 is 2.14 bits per heavy atom. The van der Waals surface area contributed by atoms with E-state index < -0.39 is 17.6 Å². The molecule has 2 aliphatic heterocycles. The number of fused-ring (bicyclic) bond motifs is 4. The molecule has 3 rings (SSSR count). The molecule has 5 nitrogen and oxygen atoms in total. The fraction of sp³-hybridized carbons (Fsp3) is 0.500. The Morgan fingerprint density at radius 1 is 1.43 bits per heavy atom. The monoisotopic (exact) mass is 289 g/mol. The van der Waals surface area contributed by atoms with Gasteiger partial charge in [-0.3, -0.25) is 9.59 Å². The molecule has 2 heterocycles. The third kappa shape index (κ3) is 2.37. The van der Waals surface area contributed by atoms with Gasteiger partial charge in [0.25, 0.3) is 0 Å². The lowest BCUT2D eigenvalue weighted by atomic mass is 9.75. The number of amides is 1. The van der Waals surface area contributed by atoms with Crippen molar-refractivity contribution in [2.45, 2.75) is 44.9 Å². The minimum atomic E-state index is -0.814. The molecule has 0 radical (unpaired) electrons. The zero-order valence-electron chi connectivity index (χ0n) is 12.4. The van der Waals surface area contributed by atoms with E-state index in [9.17, 15) is 9.59 Å². The van der Waals surface area contributed by atoms with Crippen LogP contribution in [0.4, 0.5) is 0 Å². The molecule has 112 valence electrons. The summed E-state index contributed by atoms with van der Waals surface area (Å²) in [5.74, 6) is -1.09. The molecule has 1 aromatic carbocycles. The van der Waals surface area contributed by atoms with Crippen LogP contribution in [0.5, 0.6) is 5.75 Å². The average molecular weight is 289 g/mol. The number of esters is 1. The van der Waals surface area contributed by atoms with Crippen LogP contribution in [0.3, 0.4) is 0 Å². The van der Waals surface area contributed by atoms with Gasteiger partial charge < -0.3 is 14.8 Å². The Morgan fingerprint density at radius 3 is 2.86 bits per heavy atom. The third-order valence-electron chi connectivity index (χ3n) is 3.94. The second kappa shape index (κ2) is 4.76. The summed E-state index contributed by atoms with van der Waals surface area (Å²) in [5.41, 5.74) is 0.139. The van der Waals surface area contributed by atoms with Crippen LogP contribution in [-0.4, -0.2) is 23.7 Å². The van der Waals surface area contributed by atoms with E-state index >= 15 is 0 Å². The molecule has 1 saturated heterocycles. The number of piperidine rings is 1. The molecule has 3 atom stereocenters.